The molecule has 21 heavy (non-hydrogen) atoms. The van der Waals surface area contributed by atoms with Gasteiger partial charge in [0.1, 0.15) is 11.6 Å². The molecule has 1 aromatic carbocycles. The number of benzene rings is 1. The minimum Gasteiger partial charge on any atom is -0.496 e. The van der Waals surface area contributed by atoms with Crippen molar-refractivity contribution in [3.63, 3.8) is 0 Å². The molecule has 1 saturated heterocycles. The third-order valence-electron chi connectivity index (χ3n) is 4.91. The largest absolute Gasteiger partial charge is 0.496 e. The van der Waals surface area contributed by atoms with Crippen LogP contribution >= 0.6 is 0 Å². The Kier molecular flexibility index (Phi) is 4.76. The topological polar surface area (TPSA) is 24.5 Å². The predicted molar refractivity (Wildman–Crippen MR) is 82.1 cm³/mol. The summed E-state index contributed by atoms with van der Waals surface area (Å²) in [5, 5.41) is 3.42. The molecule has 0 radical (unpaired) electrons. The van der Waals surface area contributed by atoms with E-state index in [1.165, 1.54) is 31.7 Å². The predicted octanol–water partition coefficient (Wildman–Crippen LogP) is 2.97. The van der Waals surface area contributed by atoms with E-state index in [2.05, 4.69) is 10.2 Å². The quantitative estimate of drug-likeness (QED) is 0.923. The van der Waals surface area contributed by atoms with Gasteiger partial charge in [0.2, 0.25) is 0 Å². The fourth-order valence-electron chi connectivity index (χ4n) is 3.91. The summed E-state index contributed by atoms with van der Waals surface area (Å²) in [6.07, 6.45) is 5.18. The van der Waals surface area contributed by atoms with Crippen molar-refractivity contribution >= 4 is 0 Å². The van der Waals surface area contributed by atoms with Crippen LogP contribution in [0.1, 0.15) is 37.3 Å². The Labute approximate surface area is 126 Å². The molecule has 1 saturated carbocycles. The number of halogens is 1. The molecule has 1 heterocycles. The lowest BCUT2D eigenvalue weighted by Gasteiger charge is -2.39. The molecule has 0 bridgehead atoms. The molecular formula is C17H25FN2O. The average molecular weight is 292 g/mol. The van der Waals surface area contributed by atoms with E-state index in [1.807, 2.05) is 6.07 Å². The molecule has 0 spiro atoms. The first-order valence-electron chi connectivity index (χ1n) is 8.08. The molecule has 116 valence electrons. The summed E-state index contributed by atoms with van der Waals surface area (Å²) in [7, 11) is 1.64. The molecule has 4 heteroatoms. The number of nitrogens with zero attached hydrogens (tertiary/aromatic N) is 1. The summed E-state index contributed by atoms with van der Waals surface area (Å²) >= 11 is 0. The maximum Gasteiger partial charge on any atom is 0.126 e. The molecule has 1 atom stereocenters. The van der Waals surface area contributed by atoms with E-state index in [-0.39, 0.29) is 5.82 Å². The van der Waals surface area contributed by atoms with Gasteiger partial charge in [0.15, 0.2) is 0 Å². The van der Waals surface area contributed by atoms with Crippen LogP contribution in [0.25, 0.3) is 0 Å². The first kappa shape index (κ1) is 14.8. The van der Waals surface area contributed by atoms with E-state index < -0.39 is 0 Å². The molecule has 2 aliphatic rings. The van der Waals surface area contributed by atoms with Gasteiger partial charge in [-0.15, -0.1) is 0 Å². The molecule has 3 rings (SSSR count). The summed E-state index contributed by atoms with van der Waals surface area (Å²) in [6, 6.07) is 5.39. The molecule has 3 nitrogen and oxygen atoms in total. The normalized spacial score (nSPS) is 22.4. The highest BCUT2D eigenvalue weighted by atomic mass is 19.1. The molecule has 2 fully saturated rings. The van der Waals surface area contributed by atoms with Gasteiger partial charge in [0, 0.05) is 43.9 Å². The number of rotatable bonds is 4. The number of piperazine rings is 1. The van der Waals surface area contributed by atoms with Gasteiger partial charge in [-0.1, -0.05) is 18.9 Å². The zero-order valence-corrected chi connectivity index (χ0v) is 12.8. The Hall–Kier alpha value is -1.13. The highest BCUT2D eigenvalue weighted by molar-refractivity contribution is 5.37. The lowest BCUT2D eigenvalue weighted by molar-refractivity contribution is 0.123. The van der Waals surface area contributed by atoms with Gasteiger partial charge in [-0.2, -0.15) is 0 Å². The van der Waals surface area contributed by atoms with E-state index in [1.54, 1.807) is 13.2 Å². The van der Waals surface area contributed by atoms with Crippen LogP contribution in [0.3, 0.4) is 0 Å². The van der Waals surface area contributed by atoms with Crippen LogP contribution in [0.2, 0.25) is 0 Å². The number of hydrogen-bond donors (Lipinski definition) is 1. The van der Waals surface area contributed by atoms with Crippen molar-refractivity contribution in [3.05, 3.63) is 29.6 Å². The van der Waals surface area contributed by atoms with E-state index >= 15 is 0 Å². The van der Waals surface area contributed by atoms with Gasteiger partial charge in [-0.3, -0.25) is 4.90 Å². The van der Waals surface area contributed by atoms with E-state index in [0.29, 0.717) is 17.7 Å². The summed E-state index contributed by atoms with van der Waals surface area (Å²) in [6.45, 7) is 4.18. The average Bonchev–Trinajstić information content (AvgIpc) is 3.04. The maximum atomic E-state index is 13.5. The Morgan fingerprint density at radius 2 is 1.95 bits per heavy atom. The number of nitrogens with one attached hydrogen (secondary N) is 1. The highest BCUT2D eigenvalue weighted by Crippen LogP contribution is 2.42. The van der Waals surface area contributed by atoms with Crippen LogP contribution in [0, 0.1) is 11.7 Å². The zero-order chi connectivity index (χ0) is 14.7. The third-order valence-corrected chi connectivity index (χ3v) is 4.91. The zero-order valence-electron chi connectivity index (χ0n) is 12.8. The SMILES string of the molecule is COc1cc(F)ccc1[C@H](C1CCCC1)N1CCNCC1. The molecule has 1 aliphatic carbocycles. The standard InChI is InChI=1S/C17H25FN2O/c1-21-16-12-14(18)6-7-15(16)17(13-4-2-3-5-13)20-10-8-19-9-11-20/h6-7,12-13,17,19H,2-5,8-11H2,1H3/t17-/m0/s1. The molecule has 0 unspecified atom stereocenters. The minimum absolute atomic E-state index is 0.221. The first-order chi connectivity index (χ1) is 10.3. The van der Waals surface area contributed by atoms with Crippen LogP contribution in [0.5, 0.6) is 5.75 Å². The van der Waals surface area contributed by atoms with Crippen molar-refractivity contribution in [1.82, 2.24) is 10.2 Å². The Balaban J connectivity index is 1.93. The van der Waals surface area contributed by atoms with E-state index in [9.17, 15) is 4.39 Å². The molecule has 0 amide bonds. The lowest BCUT2D eigenvalue weighted by atomic mass is 9.89. The van der Waals surface area contributed by atoms with Gasteiger partial charge in [0.05, 0.1) is 7.11 Å². The number of hydrogen-bond acceptors (Lipinski definition) is 3. The Morgan fingerprint density at radius 1 is 1.24 bits per heavy atom. The highest BCUT2D eigenvalue weighted by Gasteiger charge is 2.33. The summed E-state index contributed by atoms with van der Waals surface area (Å²) in [4.78, 5) is 2.56. The maximum absolute atomic E-state index is 13.5. The molecule has 1 aromatic rings. The van der Waals surface area contributed by atoms with Crippen molar-refractivity contribution in [3.8, 4) is 5.75 Å². The van der Waals surface area contributed by atoms with Gasteiger partial charge >= 0.3 is 0 Å². The third kappa shape index (κ3) is 3.22. The van der Waals surface area contributed by atoms with Gasteiger partial charge in [-0.05, 0) is 24.8 Å². The molecule has 0 aromatic heterocycles. The van der Waals surface area contributed by atoms with Crippen molar-refractivity contribution in [2.24, 2.45) is 5.92 Å². The van der Waals surface area contributed by atoms with Crippen LogP contribution in [0.4, 0.5) is 4.39 Å². The van der Waals surface area contributed by atoms with Crippen LogP contribution < -0.4 is 10.1 Å². The second-order valence-corrected chi connectivity index (χ2v) is 6.16. The van der Waals surface area contributed by atoms with Gasteiger partial charge in [-0.25, -0.2) is 4.39 Å². The first-order valence-corrected chi connectivity index (χ1v) is 8.08. The lowest BCUT2D eigenvalue weighted by Crippen LogP contribution is -2.46. The van der Waals surface area contributed by atoms with E-state index in [4.69, 9.17) is 4.74 Å². The Bertz CT molecular complexity index is 468. The number of methoxy groups -OCH3 is 1. The molecule has 1 aliphatic heterocycles. The second kappa shape index (κ2) is 6.75. The molecular weight excluding hydrogens is 267 g/mol. The van der Waals surface area contributed by atoms with Crippen molar-refractivity contribution in [2.45, 2.75) is 31.7 Å². The Morgan fingerprint density at radius 3 is 2.62 bits per heavy atom. The smallest absolute Gasteiger partial charge is 0.126 e. The van der Waals surface area contributed by atoms with Crippen molar-refractivity contribution in [1.29, 1.82) is 0 Å². The van der Waals surface area contributed by atoms with Crippen LogP contribution in [-0.4, -0.2) is 38.2 Å². The fourth-order valence-corrected chi connectivity index (χ4v) is 3.91. The van der Waals surface area contributed by atoms with Crippen LogP contribution in [0.15, 0.2) is 18.2 Å². The second-order valence-electron chi connectivity index (χ2n) is 6.16. The number of ether oxygens (including phenoxy) is 1. The van der Waals surface area contributed by atoms with Gasteiger partial charge in [0.25, 0.3) is 0 Å². The summed E-state index contributed by atoms with van der Waals surface area (Å²) in [5.41, 5.74) is 1.16. The monoisotopic (exact) mass is 292 g/mol. The minimum atomic E-state index is -0.221. The summed E-state index contributed by atoms with van der Waals surface area (Å²) < 4.78 is 19.0. The summed E-state index contributed by atoms with van der Waals surface area (Å²) in [5.74, 6) is 1.15. The molecule has 1 N–H and O–H groups in total. The van der Waals surface area contributed by atoms with E-state index in [0.717, 1.165) is 31.7 Å². The fraction of sp³-hybridized carbons (Fsp3) is 0.647. The van der Waals surface area contributed by atoms with Crippen LogP contribution in [-0.2, 0) is 0 Å². The van der Waals surface area contributed by atoms with Gasteiger partial charge < -0.3 is 10.1 Å². The van der Waals surface area contributed by atoms with Crippen molar-refractivity contribution < 1.29 is 9.13 Å². The van der Waals surface area contributed by atoms with Crippen molar-refractivity contribution in [2.75, 3.05) is 33.3 Å².